The molecule has 0 aliphatic heterocycles. The zero-order valence-corrected chi connectivity index (χ0v) is 11.7. The number of nitrogens with zero attached hydrogens (tertiary/aromatic N) is 3. The van der Waals surface area contributed by atoms with Crippen molar-refractivity contribution in [1.82, 2.24) is 9.97 Å². The van der Waals surface area contributed by atoms with Crippen LogP contribution in [0.15, 0.2) is 34.3 Å². The summed E-state index contributed by atoms with van der Waals surface area (Å²) < 4.78 is 26.8. The van der Waals surface area contributed by atoms with Crippen LogP contribution in [0, 0.1) is 21.7 Å². The lowest BCUT2D eigenvalue weighted by Crippen LogP contribution is -2.04. The average Bonchev–Trinajstić information content (AvgIpc) is 2.43. The first-order chi connectivity index (χ1) is 10.0. The molecular formula is C12H10F2N4O2S. The van der Waals surface area contributed by atoms with Crippen LogP contribution in [-0.2, 0) is 0 Å². The first kappa shape index (κ1) is 15.1. The summed E-state index contributed by atoms with van der Waals surface area (Å²) in [5, 5.41) is 13.7. The monoisotopic (exact) mass is 312 g/mol. The lowest BCUT2D eigenvalue weighted by Gasteiger charge is -2.06. The fraction of sp³-hybridized carbons (Fsp3) is 0.167. The third-order valence-corrected chi connectivity index (χ3v) is 3.39. The van der Waals surface area contributed by atoms with E-state index < -0.39 is 16.6 Å². The molecule has 0 fully saturated rings. The van der Waals surface area contributed by atoms with E-state index in [1.165, 1.54) is 0 Å². The number of hydrogen-bond acceptors (Lipinski definition) is 6. The van der Waals surface area contributed by atoms with Gasteiger partial charge in [0.1, 0.15) is 17.8 Å². The SMILES string of the molecule is CCNc1ncc([N+](=O)[O-])c(Sc2cc(F)ccc2F)n1. The zero-order chi connectivity index (χ0) is 15.4. The van der Waals surface area contributed by atoms with Crippen LogP contribution < -0.4 is 5.32 Å². The predicted octanol–water partition coefficient (Wildman–Crippen LogP) is 3.25. The molecule has 0 radical (unpaired) electrons. The minimum atomic E-state index is -0.681. The molecule has 0 aliphatic carbocycles. The number of aromatic nitrogens is 2. The summed E-state index contributed by atoms with van der Waals surface area (Å²) in [6.45, 7) is 2.33. The number of halogens is 2. The van der Waals surface area contributed by atoms with Crippen molar-refractivity contribution in [3.05, 3.63) is 46.1 Å². The lowest BCUT2D eigenvalue weighted by atomic mass is 10.3. The second kappa shape index (κ2) is 6.44. The molecule has 6 nitrogen and oxygen atoms in total. The van der Waals surface area contributed by atoms with Gasteiger partial charge in [0.25, 0.3) is 0 Å². The van der Waals surface area contributed by atoms with Crippen molar-refractivity contribution in [3.63, 3.8) is 0 Å². The number of nitro groups is 1. The normalized spacial score (nSPS) is 10.4. The zero-order valence-electron chi connectivity index (χ0n) is 10.8. The number of nitrogens with one attached hydrogen (secondary N) is 1. The molecule has 2 aromatic rings. The van der Waals surface area contributed by atoms with Crippen molar-refractivity contribution in [3.8, 4) is 0 Å². The second-order valence-corrected chi connectivity index (χ2v) is 4.88. The van der Waals surface area contributed by atoms with Crippen LogP contribution >= 0.6 is 11.8 Å². The Hall–Kier alpha value is -2.29. The molecule has 1 N–H and O–H groups in total. The Morgan fingerprint density at radius 3 is 2.86 bits per heavy atom. The summed E-state index contributed by atoms with van der Waals surface area (Å²) in [5.41, 5.74) is -0.370. The molecule has 0 bridgehead atoms. The van der Waals surface area contributed by atoms with Crippen LogP contribution in [0.1, 0.15) is 6.92 Å². The molecule has 0 amide bonds. The first-order valence-corrected chi connectivity index (χ1v) is 6.71. The molecule has 0 aliphatic rings. The molecule has 1 aromatic carbocycles. The fourth-order valence-electron chi connectivity index (χ4n) is 1.46. The van der Waals surface area contributed by atoms with Gasteiger partial charge >= 0.3 is 5.69 Å². The van der Waals surface area contributed by atoms with Gasteiger partial charge in [0.2, 0.25) is 5.95 Å². The smallest absolute Gasteiger partial charge is 0.320 e. The highest BCUT2D eigenvalue weighted by Crippen LogP contribution is 2.35. The Morgan fingerprint density at radius 1 is 1.43 bits per heavy atom. The van der Waals surface area contributed by atoms with Crippen molar-refractivity contribution in [1.29, 1.82) is 0 Å². The molecule has 1 aromatic heterocycles. The highest BCUT2D eigenvalue weighted by atomic mass is 32.2. The van der Waals surface area contributed by atoms with Gasteiger partial charge < -0.3 is 5.32 Å². The van der Waals surface area contributed by atoms with Crippen LogP contribution in [-0.4, -0.2) is 21.4 Å². The fourth-order valence-corrected chi connectivity index (χ4v) is 2.37. The Balaban J connectivity index is 2.43. The van der Waals surface area contributed by atoms with E-state index in [0.717, 1.165) is 24.4 Å². The summed E-state index contributed by atoms with van der Waals surface area (Å²) in [5.74, 6) is -1.13. The van der Waals surface area contributed by atoms with E-state index in [2.05, 4.69) is 15.3 Å². The van der Waals surface area contributed by atoms with Crippen LogP contribution in [0.2, 0.25) is 0 Å². The molecule has 0 spiro atoms. The van der Waals surface area contributed by atoms with Crippen molar-refractivity contribution in [2.45, 2.75) is 16.8 Å². The van der Waals surface area contributed by atoms with E-state index in [-0.39, 0.29) is 21.6 Å². The van der Waals surface area contributed by atoms with E-state index in [1.54, 1.807) is 0 Å². The van der Waals surface area contributed by atoms with Gasteiger partial charge in [-0.05, 0) is 25.1 Å². The van der Waals surface area contributed by atoms with Crippen LogP contribution in [0.25, 0.3) is 0 Å². The molecule has 0 atom stereocenters. The van der Waals surface area contributed by atoms with Gasteiger partial charge in [-0.25, -0.2) is 13.8 Å². The number of benzene rings is 1. The third kappa shape index (κ3) is 3.63. The Kier molecular flexibility index (Phi) is 4.63. The molecule has 110 valence electrons. The minimum absolute atomic E-state index is 0.0598. The van der Waals surface area contributed by atoms with E-state index in [9.17, 15) is 18.9 Å². The highest BCUT2D eigenvalue weighted by molar-refractivity contribution is 7.99. The van der Waals surface area contributed by atoms with Crippen molar-refractivity contribution < 1.29 is 13.7 Å². The van der Waals surface area contributed by atoms with Gasteiger partial charge in [0, 0.05) is 6.54 Å². The van der Waals surface area contributed by atoms with E-state index >= 15 is 0 Å². The maximum Gasteiger partial charge on any atom is 0.320 e. The standard InChI is InChI=1S/C12H10F2N4O2S/c1-2-15-12-16-6-9(18(19)20)11(17-12)21-10-5-7(13)3-4-8(10)14/h3-6H,2H2,1H3,(H,15,16,17). The van der Waals surface area contributed by atoms with Crippen molar-refractivity contribution in [2.24, 2.45) is 0 Å². The van der Waals surface area contributed by atoms with E-state index in [0.29, 0.717) is 18.3 Å². The lowest BCUT2D eigenvalue weighted by molar-refractivity contribution is -0.388. The summed E-state index contributed by atoms with van der Waals surface area (Å²) >= 11 is 0.676. The second-order valence-electron chi connectivity index (χ2n) is 3.85. The average molecular weight is 312 g/mol. The van der Waals surface area contributed by atoms with Gasteiger partial charge in [0.15, 0.2) is 5.03 Å². The predicted molar refractivity (Wildman–Crippen MR) is 73.3 cm³/mol. The molecule has 9 heteroatoms. The largest absolute Gasteiger partial charge is 0.354 e. The van der Waals surface area contributed by atoms with Gasteiger partial charge in [-0.15, -0.1) is 0 Å². The van der Waals surface area contributed by atoms with Crippen molar-refractivity contribution in [2.75, 3.05) is 11.9 Å². The molecule has 2 rings (SSSR count). The number of hydrogen-bond donors (Lipinski definition) is 1. The number of rotatable bonds is 5. The molecule has 1 heterocycles. The topological polar surface area (TPSA) is 81.0 Å². The molecule has 21 heavy (non-hydrogen) atoms. The number of anilines is 1. The van der Waals surface area contributed by atoms with Gasteiger partial charge in [0.05, 0.1) is 9.82 Å². The summed E-state index contributed by atoms with van der Waals surface area (Å²) in [4.78, 5) is 17.9. The van der Waals surface area contributed by atoms with E-state index in [4.69, 9.17) is 0 Å². The Morgan fingerprint density at radius 2 is 2.19 bits per heavy atom. The molecule has 0 saturated heterocycles. The van der Waals surface area contributed by atoms with Gasteiger partial charge in [-0.2, -0.15) is 4.98 Å². The van der Waals surface area contributed by atoms with Crippen LogP contribution in [0.5, 0.6) is 0 Å². The summed E-state index contributed by atoms with van der Waals surface area (Å²) in [7, 11) is 0. The summed E-state index contributed by atoms with van der Waals surface area (Å²) in [6, 6.07) is 2.88. The maximum absolute atomic E-state index is 13.6. The maximum atomic E-state index is 13.6. The minimum Gasteiger partial charge on any atom is -0.354 e. The van der Waals surface area contributed by atoms with E-state index in [1.807, 2.05) is 6.92 Å². The first-order valence-electron chi connectivity index (χ1n) is 5.89. The van der Waals surface area contributed by atoms with Crippen LogP contribution in [0.4, 0.5) is 20.4 Å². The highest BCUT2D eigenvalue weighted by Gasteiger charge is 2.20. The van der Waals surface area contributed by atoms with Gasteiger partial charge in [-0.1, -0.05) is 11.8 Å². The van der Waals surface area contributed by atoms with Crippen molar-refractivity contribution >= 4 is 23.4 Å². The molecule has 0 unspecified atom stereocenters. The van der Waals surface area contributed by atoms with Gasteiger partial charge in [-0.3, -0.25) is 10.1 Å². The molecule has 0 saturated carbocycles. The quantitative estimate of drug-likeness (QED) is 0.518. The summed E-state index contributed by atoms with van der Waals surface area (Å²) in [6.07, 6.45) is 1.03. The van der Waals surface area contributed by atoms with Crippen LogP contribution in [0.3, 0.4) is 0 Å². The Labute approximate surface area is 122 Å². The molecular weight excluding hydrogens is 302 g/mol. The Bertz CT molecular complexity index is 684. The third-order valence-electron chi connectivity index (χ3n) is 2.37.